The second-order valence-corrected chi connectivity index (χ2v) is 3.98. The van der Waals surface area contributed by atoms with E-state index in [2.05, 4.69) is 14.9 Å². The Bertz CT molecular complexity index is 458. The van der Waals surface area contributed by atoms with Gasteiger partial charge in [-0.3, -0.25) is 9.59 Å². The molecule has 92 valence electrons. The smallest absolute Gasteiger partial charge is 0.326 e. The van der Waals surface area contributed by atoms with Gasteiger partial charge in [-0.1, -0.05) is 4.49 Å². The Hall–Kier alpha value is -2.03. The lowest BCUT2D eigenvalue weighted by molar-refractivity contribution is -0.140. The highest BCUT2D eigenvalue weighted by Crippen LogP contribution is 2.09. The molecule has 0 bridgehead atoms. The van der Waals surface area contributed by atoms with Crippen LogP contribution in [0, 0.1) is 6.92 Å². The van der Waals surface area contributed by atoms with Crippen LogP contribution in [0.5, 0.6) is 0 Å². The van der Waals surface area contributed by atoms with E-state index in [1.807, 2.05) is 0 Å². The first-order chi connectivity index (χ1) is 7.91. The number of carboxylic acids is 1. The largest absolute Gasteiger partial charge is 0.480 e. The van der Waals surface area contributed by atoms with Gasteiger partial charge in [-0.25, -0.2) is 4.79 Å². The Balaban J connectivity index is 2.74. The Kier molecular flexibility index (Phi) is 4.10. The third-order valence-electron chi connectivity index (χ3n) is 1.87. The number of carboxylic acid groups (broad SMARTS) is 1. The van der Waals surface area contributed by atoms with Gasteiger partial charge in [0.1, 0.15) is 10.9 Å². The van der Waals surface area contributed by atoms with Crippen LogP contribution in [0.1, 0.15) is 21.8 Å². The minimum atomic E-state index is -1.35. The van der Waals surface area contributed by atoms with Crippen molar-refractivity contribution in [3.8, 4) is 0 Å². The van der Waals surface area contributed by atoms with Crippen molar-refractivity contribution in [2.45, 2.75) is 19.4 Å². The van der Waals surface area contributed by atoms with E-state index in [1.54, 1.807) is 6.92 Å². The normalized spacial score (nSPS) is 11.8. The van der Waals surface area contributed by atoms with Crippen molar-refractivity contribution < 1.29 is 19.5 Å². The van der Waals surface area contributed by atoms with Crippen LogP contribution < -0.4 is 11.1 Å². The van der Waals surface area contributed by atoms with E-state index in [4.69, 9.17) is 10.8 Å². The minimum absolute atomic E-state index is 0.209. The standard InChI is InChI=1S/C8H10N4O4S/c1-3-6(17-12-11-3)7(14)10-4(8(15)16)2-5(9)13/h4H,2H2,1H3,(H2,9,13)(H,10,14)(H,15,16)/t4-/m0/s1. The lowest BCUT2D eigenvalue weighted by atomic mass is 10.2. The molecule has 1 heterocycles. The van der Waals surface area contributed by atoms with Crippen LogP contribution in [0.15, 0.2) is 0 Å². The van der Waals surface area contributed by atoms with Gasteiger partial charge in [-0.05, 0) is 18.5 Å². The molecule has 1 aromatic heterocycles. The van der Waals surface area contributed by atoms with Crippen molar-refractivity contribution in [3.05, 3.63) is 10.6 Å². The summed E-state index contributed by atoms with van der Waals surface area (Å²) < 4.78 is 3.55. The third kappa shape index (κ3) is 3.48. The predicted molar refractivity (Wildman–Crippen MR) is 57.3 cm³/mol. The van der Waals surface area contributed by atoms with E-state index in [0.717, 1.165) is 11.5 Å². The molecule has 17 heavy (non-hydrogen) atoms. The van der Waals surface area contributed by atoms with Gasteiger partial charge >= 0.3 is 5.97 Å². The number of carbonyl (C=O) groups is 3. The highest BCUT2D eigenvalue weighted by molar-refractivity contribution is 7.08. The number of nitrogens with one attached hydrogen (secondary N) is 1. The van der Waals surface area contributed by atoms with E-state index in [1.165, 1.54) is 0 Å². The molecule has 1 aromatic rings. The molecule has 0 saturated carbocycles. The van der Waals surface area contributed by atoms with Crippen LogP contribution in [-0.2, 0) is 9.59 Å². The number of amides is 2. The van der Waals surface area contributed by atoms with Crippen LogP contribution in [-0.4, -0.2) is 38.5 Å². The van der Waals surface area contributed by atoms with Gasteiger partial charge in [0.15, 0.2) is 0 Å². The summed E-state index contributed by atoms with van der Waals surface area (Å²) in [5.74, 6) is -2.77. The van der Waals surface area contributed by atoms with E-state index in [9.17, 15) is 14.4 Å². The summed E-state index contributed by atoms with van der Waals surface area (Å²) in [7, 11) is 0. The maximum atomic E-state index is 11.6. The SMILES string of the molecule is Cc1nnsc1C(=O)N[C@@H](CC(N)=O)C(=O)O. The minimum Gasteiger partial charge on any atom is -0.480 e. The van der Waals surface area contributed by atoms with Gasteiger partial charge in [0, 0.05) is 0 Å². The van der Waals surface area contributed by atoms with Crippen molar-refractivity contribution >= 4 is 29.3 Å². The molecule has 2 amide bonds. The first-order valence-electron chi connectivity index (χ1n) is 4.52. The Morgan fingerprint density at radius 3 is 2.59 bits per heavy atom. The zero-order valence-corrected chi connectivity index (χ0v) is 9.65. The van der Waals surface area contributed by atoms with E-state index in [0.29, 0.717) is 5.69 Å². The van der Waals surface area contributed by atoms with Crippen molar-refractivity contribution in [1.82, 2.24) is 14.9 Å². The lowest BCUT2D eigenvalue weighted by Gasteiger charge is -2.11. The molecule has 0 spiro atoms. The topological polar surface area (TPSA) is 135 Å². The van der Waals surface area contributed by atoms with Crippen LogP contribution in [0.3, 0.4) is 0 Å². The summed E-state index contributed by atoms with van der Waals surface area (Å²) >= 11 is 0.848. The average molecular weight is 258 g/mol. The molecule has 0 radical (unpaired) electrons. The Labute approximate surface area is 100.0 Å². The summed E-state index contributed by atoms with van der Waals surface area (Å²) in [6.07, 6.45) is -0.466. The van der Waals surface area contributed by atoms with Gasteiger partial charge in [0.05, 0.1) is 12.1 Å². The summed E-state index contributed by atoms with van der Waals surface area (Å²) in [6, 6.07) is -1.35. The van der Waals surface area contributed by atoms with Crippen molar-refractivity contribution in [2.24, 2.45) is 5.73 Å². The number of nitrogens with zero attached hydrogens (tertiary/aromatic N) is 2. The molecule has 0 aromatic carbocycles. The number of nitrogens with two attached hydrogens (primary N) is 1. The third-order valence-corrected chi connectivity index (χ3v) is 2.69. The molecular formula is C8H10N4O4S. The Morgan fingerprint density at radius 1 is 1.53 bits per heavy atom. The van der Waals surface area contributed by atoms with E-state index < -0.39 is 30.2 Å². The van der Waals surface area contributed by atoms with Crippen molar-refractivity contribution in [1.29, 1.82) is 0 Å². The summed E-state index contributed by atoms with van der Waals surface area (Å²) in [5.41, 5.74) is 5.28. The number of hydrogen-bond donors (Lipinski definition) is 3. The predicted octanol–water partition coefficient (Wildman–Crippen LogP) is -1.10. The Morgan fingerprint density at radius 2 is 2.18 bits per heavy atom. The van der Waals surface area contributed by atoms with Gasteiger partial charge in [-0.15, -0.1) is 5.10 Å². The van der Waals surface area contributed by atoms with Crippen LogP contribution in [0.2, 0.25) is 0 Å². The monoisotopic (exact) mass is 258 g/mol. The maximum absolute atomic E-state index is 11.6. The second kappa shape index (κ2) is 5.34. The molecule has 0 fully saturated rings. The molecule has 0 aliphatic rings. The van der Waals surface area contributed by atoms with Crippen molar-refractivity contribution in [2.75, 3.05) is 0 Å². The molecule has 8 nitrogen and oxygen atoms in total. The quantitative estimate of drug-likeness (QED) is 0.613. The molecule has 1 atom stereocenters. The molecule has 9 heteroatoms. The number of aryl methyl sites for hydroxylation is 1. The zero-order chi connectivity index (χ0) is 13.0. The van der Waals surface area contributed by atoms with Gasteiger partial charge in [-0.2, -0.15) is 0 Å². The number of primary amides is 1. The summed E-state index contributed by atoms with van der Waals surface area (Å²) in [6.45, 7) is 1.57. The van der Waals surface area contributed by atoms with Crippen molar-refractivity contribution in [3.63, 3.8) is 0 Å². The molecular weight excluding hydrogens is 248 g/mol. The first-order valence-corrected chi connectivity index (χ1v) is 5.30. The number of hydrogen-bond acceptors (Lipinski definition) is 6. The molecule has 4 N–H and O–H groups in total. The molecule has 0 saturated heterocycles. The first kappa shape index (κ1) is 13.0. The lowest BCUT2D eigenvalue weighted by Crippen LogP contribution is -2.43. The van der Waals surface area contributed by atoms with Gasteiger partial charge in [0.25, 0.3) is 5.91 Å². The van der Waals surface area contributed by atoms with Crippen LogP contribution in [0.4, 0.5) is 0 Å². The number of carbonyl (C=O) groups excluding carboxylic acids is 2. The van der Waals surface area contributed by atoms with E-state index in [-0.39, 0.29) is 4.88 Å². The maximum Gasteiger partial charge on any atom is 0.326 e. The van der Waals surface area contributed by atoms with Crippen LogP contribution in [0.25, 0.3) is 0 Å². The zero-order valence-electron chi connectivity index (χ0n) is 8.84. The highest BCUT2D eigenvalue weighted by Gasteiger charge is 2.24. The summed E-state index contributed by atoms with van der Waals surface area (Å²) in [5, 5.41) is 14.6. The fourth-order valence-electron chi connectivity index (χ4n) is 1.06. The van der Waals surface area contributed by atoms with E-state index >= 15 is 0 Å². The molecule has 0 aliphatic carbocycles. The molecule has 0 aliphatic heterocycles. The highest BCUT2D eigenvalue weighted by atomic mass is 32.1. The molecule has 1 rings (SSSR count). The average Bonchev–Trinajstić information content (AvgIpc) is 2.62. The van der Waals surface area contributed by atoms with Gasteiger partial charge in [0.2, 0.25) is 5.91 Å². The summed E-state index contributed by atoms with van der Waals surface area (Å²) in [4.78, 5) is 33.2. The second-order valence-electron chi connectivity index (χ2n) is 3.22. The fraction of sp³-hybridized carbons (Fsp3) is 0.375. The number of aromatic nitrogens is 2. The van der Waals surface area contributed by atoms with Crippen LogP contribution >= 0.6 is 11.5 Å². The molecule has 0 unspecified atom stereocenters. The van der Waals surface area contributed by atoms with Gasteiger partial charge < -0.3 is 16.2 Å². The number of aliphatic carboxylic acids is 1. The fourth-order valence-corrected chi connectivity index (χ4v) is 1.62. The number of rotatable bonds is 5.